The van der Waals surface area contributed by atoms with Crippen molar-refractivity contribution in [2.45, 2.75) is 45.0 Å². The molecule has 1 amide bonds. The molecule has 7 nitrogen and oxygen atoms in total. The minimum absolute atomic E-state index is 0.358. The Morgan fingerprint density at radius 2 is 1.89 bits per heavy atom. The largest absolute Gasteiger partial charge is 0.299 e. The van der Waals surface area contributed by atoms with Crippen LogP contribution in [0.25, 0.3) is 0 Å². The van der Waals surface area contributed by atoms with Crippen molar-refractivity contribution in [3.63, 3.8) is 0 Å². The first-order valence-corrected chi connectivity index (χ1v) is 12.5. The van der Waals surface area contributed by atoms with Crippen LogP contribution in [0.15, 0.2) is 22.5 Å². The Morgan fingerprint density at radius 1 is 1.21 bits per heavy atom. The van der Waals surface area contributed by atoms with Gasteiger partial charge >= 0.3 is 0 Å². The van der Waals surface area contributed by atoms with E-state index in [4.69, 9.17) is 0 Å². The van der Waals surface area contributed by atoms with Gasteiger partial charge in [0.25, 0.3) is 0 Å². The van der Waals surface area contributed by atoms with E-state index in [1.807, 2.05) is 19.9 Å². The smallest absolute Gasteiger partial charge is 0.249 e. The zero-order valence-corrected chi connectivity index (χ0v) is 19.3. The minimum atomic E-state index is -3.66. The molecule has 2 rings (SSSR count). The second-order valence-corrected chi connectivity index (χ2v) is 11.2. The number of nitrogens with one attached hydrogen (secondary N) is 1. The molecule has 0 unspecified atom stereocenters. The molecule has 2 aromatic rings. The van der Waals surface area contributed by atoms with E-state index in [0.29, 0.717) is 16.7 Å². The maximum absolute atomic E-state index is 12.7. The van der Waals surface area contributed by atoms with E-state index in [1.54, 1.807) is 30.8 Å². The molecule has 1 atom stereocenters. The number of hydrogen-bond acceptors (Lipinski definition) is 7. The summed E-state index contributed by atoms with van der Waals surface area (Å²) in [4.78, 5) is 12.7. The molecule has 1 aromatic heterocycles. The molecule has 1 N–H and O–H groups in total. The van der Waals surface area contributed by atoms with Crippen LogP contribution in [0, 0.1) is 19.8 Å². The van der Waals surface area contributed by atoms with Gasteiger partial charge in [0, 0.05) is 5.75 Å². The van der Waals surface area contributed by atoms with E-state index in [0.717, 1.165) is 31.8 Å². The molecule has 0 spiro atoms. The number of rotatable bonds is 8. The number of aryl methyl sites for hydroxylation is 2. The van der Waals surface area contributed by atoms with E-state index in [1.165, 1.54) is 11.3 Å². The maximum atomic E-state index is 12.7. The Kier molecular flexibility index (Phi) is 7.46. The molecule has 0 fully saturated rings. The molecule has 0 aliphatic heterocycles. The molecule has 1 aromatic carbocycles. The fraction of sp³-hybridized carbons (Fsp3) is 0.500. The Bertz CT molecular complexity index is 941. The Labute approximate surface area is 175 Å². The summed E-state index contributed by atoms with van der Waals surface area (Å²) in [6.07, 6.45) is 1.09. The SMILES string of the molecule is Cc1ccc(N([C@H](C)C(=O)Nc2nnc(SCC(C)C)s2)S(C)(=O)=O)cc1C. The molecule has 0 radical (unpaired) electrons. The first-order valence-electron chi connectivity index (χ1n) is 8.83. The van der Waals surface area contributed by atoms with Crippen LogP contribution in [0.5, 0.6) is 0 Å². The zero-order valence-electron chi connectivity index (χ0n) is 16.9. The highest BCUT2D eigenvalue weighted by molar-refractivity contribution is 8.01. The number of sulfonamides is 1. The van der Waals surface area contributed by atoms with Gasteiger partial charge in [-0.1, -0.05) is 43.0 Å². The number of carbonyl (C=O) groups is 1. The Hall–Kier alpha value is -1.65. The second kappa shape index (κ2) is 9.23. The topological polar surface area (TPSA) is 92.3 Å². The predicted octanol–water partition coefficient (Wildman–Crippen LogP) is 3.70. The molecule has 28 heavy (non-hydrogen) atoms. The third kappa shape index (κ3) is 5.92. The van der Waals surface area contributed by atoms with Crippen molar-refractivity contribution in [3.05, 3.63) is 29.3 Å². The summed E-state index contributed by atoms with van der Waals surface area (Å²) in [6.45, 7) is 9.64. The minimum Gasteiger partial charge on any atom is -0.299 e. The lowest BCUT2D eigenvalue weighted by atomic mass is 10.1. The van der Waals surface area contributed by atoms with Gasteiger partial charge in [0.05, 0.1) is 11.9 Å². The summed E-state index contributed by atoms with van der Waals surface area (Å²) < 4.78 is 26.7. The van der Waals surface area contributed by atoms with E-state index in [9.17, 15) is 13.2 Å². The number of amides is 1. The fourth-order valence-electron chi connectivity index (χ4n) is 2.44. The molecule has 0 saturated carbocycles. The van der Waals surface area contributed by atoms with Gasteiger partial charge in [0.2, 0.25) is 21.1 Å². The number of aromatic nitrogens is 2. The molecule has 0 aliphatic carbocycles. The lowest BCUT2D eigenvalue weighted by Gasteiger charge is -2.28. The normalized spacial score (nSPS) is 12.8. The number of hydrogen-bond donors (Lipinski definition) is 1. The monoisotopic (exact) mass is 442 g/mol. The van der Waals surface area contributed by atoms with Crippen molar-refractivity contribution in [1.29, 1.82) is 0 Å². The average molecular weight is 443 g/mol. The van der Waals surface area contributed by atoms with E-state index in [2.05, 4.69) is 29.4 Å². The molecule has 0 saturated heterocycles. The van der Waals surface area contributed by atoms with Crippen LogP contribution in [0.2, 0.25) is 0 Å². The predicted molar refractivity (Wildman–Crippen MR) is 117 cm³/mol. The first-order chi connectivity index (χ1) is 13.0. The molecular weight excluding hydrogens is 416 g/mol. The van der Waals surface area contributed by atoms with E-state index < -0.39 is 22.0 Å². The highest BCUT2D eigenvalue weighted by atomic mass is 32.2. The van der Waals surface area contributed by atoms with Crippen LogP contribution < -0.4 is 9.62 Å². The number of thioether (sulfide) groups is 1. The Balaban J connectivity index is 2.19. The quantitative estimate of drug-likeness (QED) is 0.495. The van der Waals surface area contributed by atoms with Crippen molar-refractivity contribution in [3.8, 4) is 0 Å². The molecule has 0 aliphatic rings. The molecule has 10 heteroatoms. The number of anilines is 2. The van der Waals surface area contributed by atoms with Crippen LogP contribution >= 0.6 is 23.1 Å². The van der Waals surface area contributed by atoms with Gasteiger partial charge in [-0.3, -0.25) is 14.4 Å². The number of nitrogens with zero attached hydrogens (tertiary/aromatic N) is 3. The standard InChI is InChI=1S/C18H26N4O3S3/c1-11(2)10-26-18-21-20-17(27-18)19-16(23)14(5)22(28(6,24)25)15-8-7-12(3)13(4)9-15/h7-9,11,14H,10H2,1-6H3,(H,19,20,23)/t14-/m1/s1. The molecule has 154 valence electrons. The average Bonchev–Trinajstić information content (AvgIpc) is 3.02. The highest BCUT2D eigenvalue weighted by Crippen LogP contribution is 2.28. The third-order valence-corrected chi connectivity index (χ3v) is 7.65. The number of benzene rings is 1. The van der Waals surface area contributed by atoms with Crippen LogP contribution in [-0.2, 0) is 14.8 Å². The van der Waals surface area contributed by atoms with Crippen molar-refractivity contribution in [2.24, 2.45) is 5.92 Å². The van der Waals surface area contributed by atoms with Crippen molar-refractivity contribution >= 4 is 49.8 Å². The van der Waals surface area contributed by atoms with E-state index >= 15 is 0 Å². The summed E-state index contributed by atoms with van der Waals surface area (Å²) in [5.74, 6) is 0.974. The molecular formula is C18H26N4O3S3. The summed E-state index contributed by atoms with van der Waals surface area (Å²) in [5, 5.41) is 11.1. The maximum Gasteiger partial charge on any atom is 0.249 e. The van der Waals surface area contributed by atoms with Crippen molar-refractivity contribution in [2.75, 3.05) is 21.6 Å². The summed E-state index contributed by atoms with van der Waals surface area (Å²) >= 11 is 2.86. The van der Waals surface area contributed by atoms with Gasteiger partial charge in [0.15, 0.2) is 4.34 Å². The van der Waals surface area contributed by atoms with Crippen LogP contribution in [0.1, 0.15) is 31.9 Å². The van der Waals surface area contributed by atoms with Crippen molar-refractivity contribution in [1.82, 2.24) is 10.2 Å². The van der Waals surface area contributed by atoms with Gasteiger partial charge in [-0.15, -0.1) is 10.2 Å². The van der Waals surface area contributed by atoms with Gasteiger partial charge in [-0.25, -0.2) is 8.42 Å². The van der Waals surface area contributed by atoms with Gasteiger partial charge in [-0.05, 0) is 49.9 Å². The van der Waals surface area contributed by atoms with E-state index in [-0.39, 0.29) is 0 Å². The lowest BCUT2D eigenvalue weighted by molar-refractivity contribution is -0.116. The van der Waals surface area contributed by atoms with Crippen LogP contribution in [0.4, 0.5) is 10.8 Å². The first kappa shape index (κ1) is 22.6. The highest BCUT2D eigenvalue weighted by Gasteiger charge is 2.30. The fourth-order valence-corrected chi connectivity index (χ4v) is 5.34. The number of carbonyl (C=O) groups excluding carboxylic acids is 1. The summed E-state index contributed by atoms with van der Waals surface area (Å²) in [7, 11) is -3.66. The van der Waals surface area contributed by atoms with Crippen molar-refractivity contribution < 1.29 is 13.2 Å². The summed E-state index contributed by atoms with van der Waals surface area (Å²) in [5.41, 5.74) is 2.46. The van der Waals surface area contributed by atoms with Crippen LogP contribution in [-0.4, -0.2) is 42.6 Å². The molecule has 1 heterocycles. The van der Waals surface area contributed by atoms with Gasteiger partial charge in [-0.2, -0.15) is 0 Å². The lowest BCUT2D eigenvalue weighted by Crippen LogP contribution is -2.45. The van der Waals surface area contributed by atoms with Gasteiger partial charge < -0.3 is 0 Å². The van der Waals surface area contributed by atoms with Gasteiger partial charge in [0.1, 0.15) is 6.04 Å². The third-order valence-electron chi connectivity index (χ3n) is 4.01. The summed E-state index contributed by atoms with van der Waals surface area (Å²) in [6, 6.07) is 4.38. The Morgan fingerprint density at radius 3 is 2.46 bits per heavy atom. The molecule has 0 bridgehead atoms. The zero-order chi connectivity index (χ0) is 21.1. The van der Waals surface area contributed by atoms with Crippen LogP contribution in [0.3, 0.4) is 0 Å². The second-order valence-electron chi connectivity index (χ2n) is 7.07.